The molecule has 5 aromatic carbocycles. The Bertz CT molecular complexity index is 2410. The fourth-order valence-corrected chi connectivity index (χ4v) is 7.24. The molecule has 0 spiro atoms. The molecular weight excluding hydrogens is 732 g/mol. The van der Waals surface area contributed by atoms with Crippen LogP contribution in [0.2, 0.25) is 0 Å². The normalized spacial score (nSPS) is 21.8. The minimum atomic E-state index is -2.41. The lowest BCUT2D eigenvalue weighted by Gasteiger charge is -2.50. The smallest absolute Gasteiger partial charge is 0.338 e. The van der Waals surface area contributed by atoms with Crippen LogP contribution < -0.4 is 14.2 Å². The summed E-state index contributed by atoms with van der Waals surface area (Å²) in [5.74, 6) is -15.1. The van der Waals surface area contributed by atoms with E-state index in [4.69, 9.17) is 18.9 Å². The van der Waals surface area contributed by atoms with E-state index in [2.05, 4.69) is 0 Å². The molecule has 0 amide bonds. The van der Waals surface area contributed by atoms with Crippen molar-refractivity contribution >= 4 is 5.97 Å². The van der Waals surface area contributed by atoms with Gasteiger partial charge < -0.3 is 85.3 Å². The van der Waals surface area contributed by atoms with Crippen LogP contribution in [0.1, 0.15) is 50.2 Å². The highest BCUT2D eigenvalue weighted by Crippen LogP contribution is 2.63. The number of phenolic OH excluding ortho intramolecular Hbond substituents is 12. The Labute approximate surface area is 306 Å². The lowest BCUT2D eigenvalue weighted by atomic mass is 9.74. The van der Waals surface area contributed by atoms with Crippen LogP contribution >= 0.6 is 0 Å². The molecule has 5 aromatic rings. The molecule has 284 valence electrons. The topological polar surface area (TPSA) is 317 Å². The SMILES string of the molecule is O=C(OC1Cc2c(O)cc3c(c2OC1c1cc(O)c(O)c(O)c1)C1c2c(O)cc(O)cc2O[C@@](c2cc(O)c(O)c(O)c2)(O3)[C@@H]1O)c1cc(O)c(O)c(O)c1. The Balaban J connectivity index is 1.33. The third-order valence-electron chi connectivity index (χ3n) is 9.76. The summed E-state index contributed by atoms with van der Waals surface area (Å²) in [6, 6.07) is 8.57. The van der Waals surface area contributed by atoms with Gasteiger partial charge >= 0.3 is 11.8 Å². The predicted molar refractivity (Wildman–Crippen MR) is 179 cm³/mol. The molecule has 0 aromatic heterocycles. The minimum absolute atomic E-state index is 0.0518. The summed E-state index contributed by atoms with van der Waals surface area (Å²) >= 11 is 0. The molecule has 2 bridgehead atoms. The van der Waals surface area contributed by atoms with Gasteiger partial charge in [-0.2, -0.15) is 0 Å². The number of esters is 1. The Morgan fingerprint density at radius 3 is 1.73 bits per heavy atom. The van der Waals surface area contributed by atoms with Crippen LogP contribution in [0.3, 0.4) is 0 Å². The predicted octanol–water partition coefficient (Wildman–Crippen LogP) is 3.19. The van der Waals surface area contributed by atoms with Crippen molar-refractivity contribution in [3.8, 4) is 86.2 Å². The van der Waals surface area contributed by atoms with E-state index in [1.54, 1.807) is 0 Å². The third kappa shape index (κ3) is 5.10. The second-order valence-corrected chi connectivity index (χ2v) is 13.1. The lowest BCUT2D eigenvalue weighted by molar-refractivity contribution is -0.219. The number of phenols is 12. The molecule has 18 nitrogen and oxygen atoms in total. The van der Waals surface area contributed by atoms with Gasteiger partial charge in [0.15, 0.2) is 57.8 Å². The second-order valence-electron chi connectivity index (χ2n) is 13.1. The van der Waals surface area contributed by atoms with Gasteiger partial charge in [-0.05, 0) is 36.4 Å². The first-order valence-electron chi connectivity index (χ1n) is 16.1. The number of hydrogen-bond acceptors (Lipinski definition) is 18. The summed E-state index contributed by atoms with van der Waals surface area (Å²) in [5.41, 5.74) is -1.03. The Kier molecular flexibility index (Phi) is 7.41. The van der Waals surface area contributed by atoms with Gasteiger partial charge in [0.05, 0.1) is 11.5 Å². The molecule has 18 heteroatoms. The van der Waals surface area contributed by atoms with E-state index in [9.17, 15) is 71.2 Å². The Hall–Kier alpha value is -7.47. The number of fused-ring (bicyclic) bond motifs is 8. The van der Waals surface area contributed by atoms with Crippen molar-refractivity contribution in [1.82, 2.24) is 0 Å². The third-order valence-corrected chi connectivity index (χ3v) is 9.76. The molecule has 3 aliphatic rings. The summed E-state index contributed by atoms with van der Waals surface area (Å²) in [6.07, 6.45) is -5.31. The van der Waals surface area contributed by atoms with Crippen LogP contribution in [0.15, 0.2) is 54.6 Å². The molecule has 3 unspecified atom stereocenters. The van der Waals surface area contributed by atoms with Gasteiger partial charge in [-0.1, -0.05) is 0 Å². The summed E-state index contributed by atoms with van der Waals surface area (Å²) in [5, 5.41) is 137. The lowest BCUT2D eigenvalue weighted by Crippen LogP contribution is -2.57. The van der Waals surface area contributed by atoms with Gasteiger partial charge in [0.25, 0.3) is 0 Å². The van der Waals surface area contributed by atoms with Crippen LogP contribution in [0.5, 0.6) is 86.2 Å². The first kappa shape index (κ1) is 34.6. The number of benzene rings is 5. The van der Waals surface area contributed by atoms with Gasteiger partial charge in [0, 0.05) is 52.4 Å². The van der Waals surface area contributed by atoms with E-state index in [-0.39, 0.29) is 45.1 Å². The summed E-state index contributed by atoms with van der Waals surface area (Å²) in [4.78, 5) is 13.4. The molecule has 3 aliphatic heterocycles. The average Bonchev–Trinajstić information content (AvgIpc) is 3.11. The zero-order valence-electron chi connectivity index (χ0n) is 27.6. The molecule has 0 fully saturated rings. The number of rotatable bonds is 4. The standard InChI is InChI=1S/C37H28O18/c38-14-7-17(40)27-24(8-14)54-37(13-5-22(45)32(49)23(46)6-13)35(50)29(27)28-25(55-37)10-16(39)15-9-26(52-36(51)12-3-20(43)31(48)21(44)4-12)33(53-34(15)28)11-1-18(41)30(47)19(42)2-11/h1-8,10,26,29,33,35,38-50H,9H2/t26?,29?,33?,35-,37+/m1/s1. The number of aliphatic hydroxyl groups is 1. The van der Waals surface area contributed by atoms with Gasteiger partial charge in [-0.25, -0.2) is 4.79 Å². The maximum absolute atomic E-state index is 13.4. The van der Waals surface area contributed by atoms with Crippen molar-refractivity contribution in [2.24, 2.45) is 0 Å². The van der Waals surface area contributed by atoms with Crippen molar-refractivity contribution < 1.29 is 90.1 Å². The van der Waals surface area contributed by atoms with Gasteiger partial charge in [0.1, 0.15) is 46.7 Å². The van der Waals surface area contributed by atoms with Crippen molar-refractivity contribution in [3.05, 3.63) is 88.0 Å². The van der Waals surface area contributed by atoms with E-state index in [0.717, 1.165) is 54.6 Å². The van der Waals surface area contributed by atoms with Gasteiger partial charge in [0.2, 0.25) is 0 Å². The van der Waals surface area contributed by atoms with Crippen LogP contribution in [-0.4, -0.2) is 84.6 Å². The summed E-state index contributed by atoms with van der Waals surface area (Å²) < 4.78 is 24.5. The molecule has 0 radical (unpaired) electrons. The first-order valence-corrected chi connectivity index (χ1v) is 16.1. The largest absolute Gasteiger partial charge is 0.508 e. The second kappa shape index (κ2) is 11.8. The highest BCUT2D eigenvalue weighted by Gasteiger charge is 2.60. The fourth-order valence-electron chi connectivity index (χ4n) is 7.24. The fraction of sp³-hybridized carbons (Fsp3) is 0.162. The quantitative estimate of drug-likeness (QED) is 0.0924. The van der Waals surface area contributed by atoms with Crippen LogP contribution in [0, 0.1) is 0 Å². The van der Waals surface area contributed by atoms with Crippen LogP contribution in [0.4, 0.5) is 0 Å². The van der Waals surface area contributed by atoms with Crippen LogP contribution in [0.25, 0.3) is 0 Å². The van der Waals surface area contributed by atoms with Crippen molar-refractivity contribution in [3.63, 3.8) is 0 Å². The molecule has 0 aliphatic carbocycles. The maximum Gasteiger partial charge on any atom is 0.338 e. The zero-order chi connectivity index (χ0) is 39.4. The number of aromatic hydroxyl groups is 12. The number of hydrogen-bond donors (Lipinski definition) is 13. The summed E-state index contributed by atoms with van der Waals surface area (Å²) in [6.45, 7) is 0. The van der Waals surface area contributed by atoms with E-state index < -0.39 is 117 Å². The van der Waals surface area contributed by atoms with Gasteiger partial charge in [-0.3, -0.25) is 0 Å². The van der Waals surface area contributed by atoms with Crippen molar-refractivity contribution in [2.45, 2.75) is 36.4 Å². The Morgan fingerprint density at radius 1 is 0.618 bits per heavy atom. The highest BCUT2D eigenvalue weighted by molar-refractivity contribution is 5.91. The van der Waals surface area contributed by atoms with E-state index in [1.165, 1.54) is 0 Å². The number of carbonyl (C=O) groups excluding carboxylic acids is 1. The number of carbonyl (C=O) groups is 1. The molecule has 13 N–H and O–H groups in total. The average molecular weight is 761 g/mol. The molecule has 55 heavy (non-hydrogen) atoms. The first-order chi connectivity index (χ1) is 26.0. The maximum atomic E-state index is 13.4. The van der Waals surface area contributed by atoms with E-state index in [1.807, 2.05) is 0 Å². The van der Waals surface area contributed by atoms with Gasteiger partial charge in [-0.15, -0.1) is 0 Å². The molecule has 0 saturated heterocycles. The Morgan fingerprint density at radius 2 is 1.15 bits per heavy atom. The van der Waals surface area contributed by atoms with Crippen LogP contribution in [-0.2, 0) is 16.9 Å². The molecule has 5 atom stereocenters. The molecule has 3 heterocycles. The van der Waals surface area contributed by atoms with E-state index in [0.29, 0.717) is 0 Å². The monoisotopic (exact) mass is 760 g/mol. The summed E-state index contributed by atoms with van der Waals surface area (Å²) in [7, 11) is 0. The van der Waals surface area contributed by atoms with Crippen molar-refractivity contribution in [1.29, 1.82) is 0 Å². The molecule has 8 rings (SSSR count). The van der Waals surface area contributed by atoms with E-state index >= 15 is 0 Å². The minimum Gasteiger partial charge on any atom is -0.508 e. The molecule has 0 saturated carbocycles. The van der Waals surface area contributed by atoms with Crippen molar-refractivity contribution in [2.75, 3.05) is 0 Å². The zero-order valence-corrected chi connectivity index (χ0v) is 27.6. The highest BCUT2D eigenvalue weighted by atomic mass is 16.7. The molecular formula is C37H28O18. The number of ether oxygens (including phenoxy) is 4. The number of aliphatic hydroxyl groups excluding tert-OH is 1.